The van der Waals surface area contributed by atoms with Crippen LogP contribution in [0.3, 0.4) is 0 Å². The number of hydrogen-bond acceptors (Lipinski definition) is 3. The molecule has 0 aromatic heterocycles. The summed E-state index contributed by atoms with van der Waals surface area (Å²) in [5.41, 5.74) is 5.50. The lowest BCUT2D eigenvalue weighted by molar-refractivity contribution is 0.440. The van der Waals surface area contributed by atoms with Gasteiger partial charge in [-0.05, 0) is 31.2 Å². The standard InChI is InChI=1S/C11H27N3O2S/c1-4-5-11(6-7-12)9-14-17(15,16)13-8-10(2)3/h10-11,13-14H,4-9,12H2,1-3H3. The first-order chi connectivity index (χ1) is 7.91. The van der Waals surface area contributed by atoms with Crippen LogP contribution in [0.15, 0.2) is 0 Å². The molecule has 0 saturated carbocycles. The molecule has 1 unspecified atom stereocenters. The van der Waals surface area contributed by atoms with E-state index in [4.69, 9.17) is 5.73 Å². The Labute approximate surface area is 106 Å². The Bertz CT molecular complexity index is 272. The van der Waals surface area contributed by atoms with E-state index in [9.17, 15) is 8.42 Å². The molecule has 0 rings (SSSR count). The molecular formula is C11H27N3O2S. The Kier molecular flexibility index (Phi) is 8.77. The second kappa shape index (κ2) is 8.85. The van der Waals surface area contributed by atoms with E-state index in [-0.39, 0.29) is 0 Å². The highest BCUT2D eigenvalue weighted by molar-refractivity contribution is 7.87. The quantitative estimate of drug-likeness (QED) is 0.547. The monoisotopic (exact) mass is 265 g/mol. The van der Waals surface area contributed by atoms with Crippen molar-refractivity contribution in [3.63, 3.8) is 0 Å². The minimum Gasteiger partial charge on any atom is -0.330 e. The highest BCUT2D eigenvalue weighted by Crippen LogP contribution is 2.09. The van der Waals surface area contributed by atoms with Crippen molar-refractivity contribution in [2.24, 2.45) is 17.6 Å². The fraction of sp³-hybridized carbons (Fsp3) is 1.00. The Morgan fingerprint density at radius 1 is 1.12 bits per heavy atom. The molecule has 0 radical (unpaired) electrons. The molecule has 17 heavy (non-hydrogen) atoms. The van der Waals surface area contributed by atoms with Crippen LogP contribution in [0.4, 0.5) is 0 Å². The lowest BCUT2D eigenvalue weighted by Crippen LogP contribution is -2.40. The van der Waals surface area contributed by atoms with Gasteiger partial charge in [-0.1, -0.05) is 27.2 Å². The highest BCUT2D eigenvalue weighted by atomic mass is 32.2. The zero-order valence-electron chi connectivity index (χ0n) is 11.2. The van der Waals surface area contributed by atoms with Gasteiger partial charge in [-0.3, -0.25) is 0 Å². The van der Waals surface area contributed by atoms with E-state index in [0.29, 0.717) is 31.5 Å². The van der Waals surface area contributed by atoms with E-state index >= 15 is 0 Å². The van der Waals surface area contributed by atoms with Gasteiger partial charge in [-0.15, -0.1) is 0 Å². The summed E-state index contributed by atoms with van der Waals surface area (Å²) in [6.45, 7) is 7.57. The van der Waals surface area contributed by atoms with Gasteiger partial charge in [0.15, 0.2) is 0 Å². The summed E-state index contributed by atoms with van der Waals surface area (Å²) >= 11 is 0. The minimum absolute atomic E-state index is 0.307. The molecule has 0 saturated heterocycles. The van der Waals surface area contributed by atoms with Crippen molar-refractivity contribution in [2.75, 3.05) is 19.6 Å². The number of nitrogens with two attached hydrogens (primary N) is 1. The molecule has 0 spiro atoms. The van der Waals surface area contributed by atoms with Crippen molar-refractivity contribution in [1.82, 2.24) is 9.44 Å². The highest BCUT2D eigenvalue weighted by Gasteiger charge is 2.13. The summed E-state index contributed by atoms with van der Waals surface area (Å²) in [6.07, 6.45) is 2.91. The molecule has 0 fully saturated rings. The van der Waals surface area contributed by atoms with Gasteiger partial charge in [0.1, 0.15) is 0 Å². The van der Waals surface area contributed by atoms with E-state index in [1.165, 1.54) is 0 Å². The van der Waals surface area contributed by atoms with Crippen LogP contribution in [0.2, 0.25) is 0 Å². The molecule has 0 aliphatic rings. The molecule has 0 aromatic rings. The third-order valence-electron chi connectivity index (χ3n) is 2.52. The first-order valence-electron chi connectivity index (χ1n) is 6.35. The van der Waals surface area contributed by atoms with Crippen molar-refractivity contribution in [1.29, 1.82) is 0 Å². The van der Waals surface area contributed by atoms with E-state index in [1.807, 2.05) is 13.8 Å². The van der Waals surface area contributed by atoms with E-state index in [2.05, 4.69) is 16.4 Å². The lowest BCUT2D eigenvalue weighted by atomic mass is 10.0. The van der Waals surface area contributed by atoms with Crippen LogP contribution < -0.4 is 15.2 Å². The zero-order chi connectivity index (χ0) is 13.3. The summed E-state index contributed by atoms with van der Waals surface area (Å²) in [5.74, 6) is 0.641. The maximum absolute atomic E-state index is 11.6. The second-order valence-electron chi connectivity index (χ2n) is 4.83. The fourth-order valence-corrected chi connectivity index (χ4v) is 2.66. The Morgan fingerprint density at radius 3 is 2.18 bits per heavy atom. The third-order valence-corrected chi connectivity index (χ3v) is 3.61. The Hall–Kier alpha value is -0.170. The third kappa shape index (κ3) is 9.52. The maximum atomic E-state index is 11.6. The van der Waals surface area contributed by atoms with Gasteiger partial charge in [0.05, 0.1) is 0 Å². The zero-order valence-corrected chi connectivity index (χ0v) is 12.0. The van der Waals surface area contributed by atoms with Crippen molar-refractivity contribution in [3.05, 3.63) is 0 Å². The van der Waals surface area contributed by atoms with Gasteiger partial charge in [-0.25, -0.2) is 9.44 Å². The van der Waals surface area contributed by atoms with Crippen molar-refractivity contribution < 1.29 is 8.42 Å². The molecule has 5 nitrogen and oxygen atoms in total. The van der Waals surface area contributed by atoms with Gasteiger partial charge in [0, 0.05) is 13.1 Å². The summed E-state index contributed by atoms with van der Waals surface area (Å²) in [4.78, 5) is 0. The summed E-state index contributed by atoms with van der Waals surface area (Å²) in [7, 11) is -3.35. The van der Waals surface area contributed by atoms with Gasteiger partial charge in [0.25, 0.3) is 10.2 Å². The van der Waals surface area contributed by atoms with Gasteiger partial charge >= 0.3 is 0 Å². The SMILES string of the molecule is CCCC(CCN)CNS(=O)(=O)NCC(C)C. The average molecular weight is 265 g/mol. The smallest absolute Gasteiger partial charge is 0.276 e. The largest absolute Gasteiger partial charge is 0.330 e. The van der Waals surface area contributed by atoms with Crippen LogP contribution >= 0.6 is 0 Å². The molecule has 0 heterocycles. The molecule has 6 heteroatoms. The van der Waals surface area contributed by atoms with Gasteiger partial charge in [0.2, 0.25) is 0 Å². The first kappa shape index (κ1) is 16.8. The summed E-state index contributed by atoms with van der Waals surface area (Å²) in [6, 6.07) is 0. The molecule has 0 bridgehead atoms. The summed E-state index contributed by atoms with van der Waals surface area (Å²) < 4.78 is 28.3. The average Bonchev–Trinajstić information content (AvgIpc) is 2.24. The Balaban J connectivity index is 4.04. The summed E-state index contributed by atoms with van der Waals surface area (Å²) in [5, 5.41) is 0. The molecule has 0 aromatic carbocycles. The van der Waals surface area contributed by atoms with Crippen LogP contribution in [-0.4, -0.2) is 28.1 Å². The van der Waals surface area contributed by atoms with Crippen molar-refractivity contribution in [3.8, 4) is 0 Å². The number of nitrogens with one attached hydrogen (secondary N) is 2. The van der Waals surface area contributed by atoms with Crippen molar-refractivity contribution in [2.45, 2.75) is 40.0 Å². The number of rotatable bonds is 10. The molecule has 0 amide bonds. The van der Waals surface area contributed by atoms with Crippen LogP contribution in [0, 0.1) is 11.8 Å². The first-order valence-corrected chi connectivity index (χ1v) is 7.83. The second-order valence-corrected chi connectivity index (χ2v) is 6.41. The predicted octanol–water partition coefficient (Wildman–Crippen LogP) is 0.832. The predicted molar refractivity (Wildman–Crippen MR) is 71.8 cm³/mol. The lowest BCUT2D eigenvalue weighted by Gasteiger charge is -2.16. The topological polar surface area (TPSA) is 84.2 Å². The van der Waals surface area contributed by atoms with Crippen LogP contribution in [0.5, 0.6) is 0 Å². The molecule has 1 atom stereocenters. The normalized spacial score (nSPS) is 14.2. The molecule has 0 aliphatic heterocycles. The van der Waals surface area contributed by atoms with E-state index < -0.39 is 10.2 Å². The number of hydrogen-bond donors (Lipinski definition) is 3. The minimum atomic E-state index is -3.35. The molecular weight excluding hydrogens is 238 g/mol. The molecule has 0 aliphatic carbocycles. The fourth-order valence-electron chi connectivity index (χ4n) is 1.55. The van der Waals surface area contributed by atoms with Crippen LogP contribution in [0.1, 0.15) is 40.0 Å². The van der Waals surface area contributed by atoms with Gasteiger partial charge in [-0.2, -0.15) is 8.42 Å². The van der Waals surface area contributed by atoms with E-state index in [0.717, 1.165) is 19.3 Å². The van der Waals surface area contributed by atoms with E-state index in [1.54, 1.807) is 0 Å². The Morgan fingerprint density at radius 2 is 1.71 bits per heavy atom. The molecule has 4 N–H and O–H groups in total. The maximum Gasteiger partial charge on any atom is 0.276 e. The molecule has 104 valence electrons. The van der Waals surface area contributed by atoms with Crippen molar-refractivity contribution >= 4 is 10.2 Å². The van der Waals surface area contributed by atoms with Crippen LogP contribution in [0.25, 0.3) is 0 Å². The van der Waals surface area contributed by atoms with Crippen LogP contribution in [-0.2, 0) is 10.2 Å². The van der Waals surface area contributed by atoms with Gasteiger partial charge < -0.3 is 5.73 Å².